The minimum atomic E-state index is -3.11. The van der Waals surface area contributed by atoms with E-state index in [4.69, 9.17) is 10.8 Å². The number of amidine groups is 1. The number of nitrogens with one attached hydrogen (secondary N) is 1. The SMILES string of the molecule is Cc1ncc2c(n1)CC(c1cc(N)ccc1F)(C(F)F)N/C2=N\C(=O)O. The highest BCUT2D eigenvalue weighted by Gasteiger charge is 2.48. The van der Waals surface area contributed by atoms with Gasteiger partial charge in [-0.2, -0.15) is 4.99 Å². The van der Waals surface area contributed by atoms with Crippen LogP contribution in [0.5, 0.6) is 0 Å². The fraction of sp³-hybridized carbons (Fsp3) is 0.250. The highest BCUT2D eigenvalue weighted by Crippen LogP contribution is 2.38. The van der Waals surface area contributed by atoms with Crippen molar-refractivity contribution in [1.82, 2.24) is 15.3 Å². The molecule has 10 heteroatoms. The van der Waals surface area contributed by atoms with Gasteiger partial charge in [0.25, 0.3) is 6.43 Å². The average molecular weight is 365 g/mol. The molecule has 1 atom stereocenters. The zero-order valence-electron chi connectivity index (χ0n) is 13.5. The molecule has 1 aliphatic rings. The number of hydrogen-bond donors (Lipinski definition) is 3. The molecule has 0 saturated carbocycles. The molecular weight excluding hydrogens is 351 g/mol. The summed E-state index contributed by atoms with van der Waals surface area (Å²) >= 11 is 0. The zero-order chi connectivity index (χ0) is 19.1. The molecule has 3 rings (SSSR count). The summed E-state index contributed by atoms with van der Waals surface area (Å²) in [4.78, 5) is 22.4. The number of aromatic nitrogens is 2. The maximum atomic E-state index is 14.4. The third kappa shape index (κ3) is 2.93. The van der Waals surface area contributed by atoms with Crippen molar-refractivity contribution in [1.29, 1.82) is 0 Å². The van der Waals surface area contributed by atoms with Gasteiger partial charge in [0.1, 0.15) is 23.0 Å². The first-order valence-corrected chi connectivity index (χ1v) is 7.49. The minimum absolute atomic E-state index is 0.0876. The van der Waals surface area contributed by atoms with Crippen molar-refractivity contribution in [3.05, 3.63) is 52.9 Å². The van der Waals surface area contributed by atoms with Crippen LogP contribution in [-0.2, 0) is 12.0 Å². The molecule has 136 valence electrons. The van der Waals surface area contributed by atoms with E-state index in [9.17, 15) is 18.0 Å². The quantitative estimate of drug-likeness (QED) is 0.704. The molecule has 0 spiro atoms. The Morgan fingerprint density at radius 1 is 1.46 bits per heavy atom. The number of fused-ring (bicyclic) bond motifs is 1. The van der Waals surface area contributed by atoms with Crippen LogP contribution in [0.25, 0.3) is 0 Å². The van der Waals surface area contributed by atoms with E-state index in [1.807, 2.05) is 0 Å². The summed E-state index contributed by atoms with van der Waals surface area (Å²) in [7, 11) is 0. The minimum Gasteiger partial charge on any atom is -0.463 e. The Kier molecular flexibility index (Phi) is 4.26. The molecule has 1 unspecified atom stereocenters. The molecule has 1 aliphatic heterocycles. The lowest BCUT2D eigenvalue weighted by atomic mass is 9.81. The second-order valence-corrected chi connectivity index (χ2v) is 5.83. The van der Waals surface area contributed by atoms with Gasteiger partial charge in [0.2, 0.25) is 0 Å². The summed E-state index contributed by atoms with van der Waals surface area (Å²) in [5.74, 6) is -0.978. The first kappa shape index (κ1) is 17.6. The van der Waals surface area contributed by atoms with E-state index in [0.717, 1.165) is 12.1 Å². The molecule has 0 aliphatic carbocycles. The molecular formula is C16H14F3N5O2. The summed E-state index contributed by atoms with van der Waals surface area (Å²) in [5.41, 5.74) is 3.36. The first-order chi connectivity index (χ1) is 12.2. The van der Waals surface area contributed by atoms with Gasteiger partial charge in [0.05, 0.1) is 11.3 Å². The lowest BCUT2D eigenvalue weighted by Gasteiger charge is -2.39. The number of amides is 1. The molecule has 0 fully saturated rings. The van der Waals surface area contributed by atoms with Crippen LogP contribution < -0.4 is 11.1 Å². The number of nitrogens with zero attached hydrogens (tertiary/aromatic N) is 3. The van der Waals surface area contributed by atoms with Crippen molar-refractivity contribution in [2.24, 2.45) is 4.99 Å². The highest BCUT2D eigenvalue weighted by molar-refractivity contribution is 6.05. The number of carboxylic acid groups (broad SMARTS) is 1. The molecule has 1 aromatic heterocycles. The topological polar surface area (TPSA) is 113 Å². The van der Waals surface area contributed by atoms with Gasteiger partial charge in [-0.05, 0) is 25.1 Å². The molecule has 2 aromatic rings. The maximum absolute atomic E-state index is 14.4. The van der Waals surface area contributed by atoms with Crippen LogP contribution in [0.15, 0.2) is 29.4 Å². The lowest BCUT2D eigenvalue weighted by molar-refractivity contribution is 0.0345. The zero-order valence-corrected chi connectivity index (χ0v) is 13.5. The van der Waals surface area contributed by atoms with Crippen LogP contribution in [0.4, 0.5) is 23.7 Å². The fourth-order valence-corrected chi connectivity index (χ4v) is 2.92. The number of carbonyl (C=O) groups is 1. The number of halogens is 3. The molecule has 4 N–H and O–H groups in total. The number of alkyl halides is 2. The Morgan fingerprint density at radius 3 is 2.85 bits per heavy atom. The molecule has 1 amide bonds. The van der Waals surface area contributed by atoms with Gasteiger partial charge in [-0.3, -0.25) is 0 Å². The highest BCUT2D eigenvalue weighted by atomic mass is 19.3. The van der Waals surface area contributed by atoms with E-state index in [0.29, 0.717) is 5.82 Å². The molecule has 0 radical (unpaired) electrons. The maximum Gasteiger partial charge on any atom is 0.433 e. The average Bonchev–Trinajstić information content (AvgIpc) is 2.55. The fourth-order valence-electron chi connectivity index (χ4n) is 2.92. The summed E-state index contributed by atoms with van der Waals surface area (Å²) in [6, 6.07) is 3.31. The predicted octanol–water partition coefficient (Wildman–Crippen LogP) is 2.24. The van der Waals surface area contributed by atoms with Crippen molar-refractivity contribution in [3.63, 3.8) is 0 Å². The summed E-state index contributed by atoms with van der Waals surface area (Å²) in [6.45, 7) is 1.56. The van der Waals surface area contributed by atoms with Crippen LogP contribution >= 0.6 is 0 Å². The van der Waals surface area contributed by atoms with Gasteiger partial charge in [-0.1, -0.05) is 0 Å². The largest absolute Gasteiger partial charge is 0.463 e. The predicted molar refractivity (Wildman–Crippen MR) is 86.7 cm³/mol. The van der Waals surface area contributed by atoms with E-state index in [2.05, 4.69) is 20.3 Å². The number of benzene rings is 1. The Bertz CT molecular complexity index is 919. The van der Waals surface area contributed by atoms with E-state index >= 15 is 0 Å². The molecule has 1 aromatic carbocycles. The number of aliphatic imine (C=N–C) groups is 1. The van der Waals surface area contributed by atoms with Crippen LogP contribution in [-0.4, -0.2) is 33.4 Å². The van der Waals surface area contributed by atoms with Crippen LogP contribution in [0, 0.1) is 12.7 Å². The third-order valence-corrected chi connectivity index (χ3v) is 4.08. The van der Waals surface area contributed by atoms with Gasteiger partial charge in [-0.25, -0.2) is 27.9 Å². The van der Waals surface area contributed by atoms with Crippen LogP contribution in [0.2, 0.25) is 0 Å². The normalized spacial score (nSPS) is 20.7. The summed E-state index contributed by atoms with van der Waals surface area (Å²) < 4.78 is 42.7. The van der Waals surface area contributed by atoms with Gasteiger partial charge < -0.3 is 16.2 Å². The number of hydrogen-bond acceptors (Lipinski definition) is 4. The standard InChI is InChI=1S/C16H14F3N5O2/c1-7-21-6-9-12(22-7)5-16(14(18)19,24-13(9)23-15(25)26)10-4-8(20)2-3-11(10)17/h2-4,6,14H,5,20H2,1H3,(H,23,24)(H,25,26). The van der Waals surface area contributed by atoms with Gasteiger partial charge in [-0.15, -0.1) is 0 Å². The van der Waals surface area contributed by atoms with Crippen LogP contribution in [0.3, 0.4) is 0 Å². The molecule has 2 heterocycles. The third-order valence-electron chi connectivity index (χ3n) is 4.08. The Balaban J connectivity index is 2.27. The van der Waals surface area contributed by atoms with Crippen LogP contribution in [0.1, 0.15) is 22.6 Å². The number of nitrogens with two attached hydrogens (primary N) is 1. The van der Waals surface area contributed by atoms with Crippen molar-refractivity contribution in [3.8, 4) is 0 Å². The molecule has 0 saturated heterocycles. The van der Waals surface area contributed by atoms with Gasteiger partial charge in [0.15, 0.2) is 0 Å². The Hall–Kier alpha value is -3.17. The molecule has 7 nitrogen and oxygen atoms in total. The van der Waals surface area contributed by atoms with Crippen molar-refractivity contribution in [2.45, 2.75) is 25.3 Å². The Labute approximate surface area is 145 Å². The first-order valence-electron chi connectivity index (χ1n) is 7.49. The Morgan fingerprint density at radius 2 is 2.19 bits per heavy atom. The number of aryl methyl sites for hydroxylation is 1. The number of rotatable bonds is 2. The molecule has 0 bridgehead atoms. The van der Waals surface area contributed by atoms with Gasteiger partial charge >= 0.3 is 6.09 Å². The van der Waals surface area contributed by atoms with Crippen molar-refractivity contribution >= 4 is 17.6 Å². The summed E-state index contributed by atoms with van der Waals surface area (Å²) in [6.07, 6.45) is -3.82. The number of nitrogen functional groups attached to an aromatic ring is 1. The van der Waals surface area contributed by atoms with Crippen molar-refractivity contribution < 1.29 is 23.1 Å². The molecule has 26 heavy (non-hydrogen) atoms. The smallest absolute Gasteiger partial charge is 0.433 e. The summed E-state index contributed by atoms with van der Waals surface area (Å²) in [5, 5.41) is 11.4. The van der Waals surface area contributed by atoms with E-state index in [1.54, 1.807) is 6.92 Å². The second-order valence-electron chi connectivity index (χ2n) is 5.83. The number of anilines is 1. The second kappa shape index (κ2) is 6.28. The van der Waals surface area contributed by atoms with Crippen molar-refractivity contribution in [2.75, 3.05) is 5.73 Å². The van der Waals surface area contributed by atoms with E-state index < -0.39 is 35.9 Å². The van der Waals surface area contributed by atoms with Gasteiger partial charge in [0, 0.05) is 23.9 Å². The monoisotopic (exact) mass is 365 g/mol. The lowest BCUT2D eigenvalue weighted by Crippen LogP contribution is -2.57. The van der Waals surface area contributed by atoms with E-state index in [1.165, 1.54) is 12.3 Å². The van der Waals surface area contributed by atoms with E-state index in [-0.39, 0.29) is 22.8 Å².